The van der Waals surface area contributed by atoms with Crippen LogP contribution in [0.4, 0.5) is 17.1 Å². The summed E-state index contributed by atoms with van der Waals surface area (Å²) >= 11 is 0. The van der Waals surface area contributed by atoms with Crippen LogP contribution in [0, 0.1) is 0 Å². The number of anilines is 3. The molecule has 0 N–H and O–H groups in total. The fourth-order valence-corrected chi connectivity index (χ4v) is 10.8. The molecule has 2 nitrogen and oxygen atoms in total. The van der Waals surface area contributed by atoms with Crippen molar-refractivity contribution in [2.45, 2.75) is 12.3 Å². The molecule has 1 aromatic heterocycles. The first kappa shape index (κ1) is 39.6. The molecule has 0 fully saturated rings. The molecular formula is C66H46N2. The molecule has 1 unspecified atom stereocenters. The fraction of sp³-hybridized carbons (Fsp3) is 0.0303. The van der Waals surface area contributed by atoms with Crippen molar-refractivity contribution in [3.8, 4) is 27.9 Å². The van der Waals surface area contributed by atoms with Crippen LogP contribution < -0.4 is 4.90 Å². The van der Waals surface area contributed by atoms with Crippen LogP contribution in [-0.4, -0.2) is 4.57 Å². The first-order valence-electron chi connectivity index (χ1n) is 23.7. The maximum atomic E-state index is 2.49. The van der Waals surface area contributed by atoms with E-state index >= 15 is 0 Å². The average molecular weight is 867 g/mol. The third kappa shape index (κ3) is 6.89. The highest BCUT2D eigenvalue weighted by molar-refractivity contribution is 6.14. The van der Waals surface area contributed by atoms with Crippen molar-refractivity contribution in [1.29, 1.82) is 0 Å². The van der Waals surface area contributed by atoms with Gasteiger partial charge in [0.2, 0.25) is 0 Å². The van der Waals surface area contributed by atoms with Gasteiger partial charge in [-0.05, 0) is 138 Å². The molecule has 68 heavy (non-hydrogen) atoms. The molecule has 0 bridgehead atoms. The lowest BCUT2D eigenvalue weighted by molar-refractivity contribution is 0.857. The molecule has 320 valence electrons. The van der Waals surface area contributed by atoms with Crippen LogP contribution >= 0.6 is 0 Å². The summed E-state index contributed by atoms with van der Waals surface area (Å²) in [5.74, 6) is 0.205. The Morgan fingerprint density at radius 2 is 0.971 bits per heavy atom. The van der Waals surface area contributed by atoms with Gasteiger partial charge in [-0.25, -0.2) is 0 Å². The molecular weight excluding hydrogens is 821 g/mol. The maximum Gasteiger partial charge on any atom is 0.0547 e. The topological polar surface area (TPSA) is 8.17 Å². The molecule has 1 heterocycles. The van der Waals surface area contributed by atoms with E-state index in [1.54, 1.807) is 0 Å². The van der Waals surface area contributed by atoms with Crippen LogP contribution in [0.2, 0.25) is 0 Å². The average Bonchev–Trinajstić information content (AvgIpc) is 3.76. The molecule has 1 aliphatic carbocycles. The van der Waals surface area contributed by atoms with Crippen LogP contribution in [0.25, 0.3) is 87.6 Å². The third-order valence-electron chi connectivity index (χ3n) is 14.1. The number of aromatic nitrogens is 1. The summed E-state index contributed by atoms with van der Waals surface area (Å²) < 4.78 is 2.40. The van der Waals surface area contributed by atoms with Crippen molar-refractivity contribution >= 4 is 76.8 Å². The van der Waals surface area contributed by atoms with Crippen molar-refractivity contribution < 1.29 is 0 Å². The van der Waals surface area contributed by atoms with Gasteiger partial charge in [0.25, 0.3) is 0 Å². The van der Waals surface area contributed by atoms with E-state index in [1.807, 2.05) is 0 Å². The van der Waals surface area contributed by atoms with Gasteiger partial charge in [0.05, 0.1) is 11.0 Å². The summed E-state index contributed by atoms with van der Waals surface area (Å²) in [5.41, 5.74) is 15.6. The van der Waals surface area contributed by atoms with Gasteiger partial charge >= 0.3 is 0 Å². The van der Waals surface area contributed by atoms with E-state index < -0.39 is 0 Å². The Morgan fingerprint density at radius 3 is 1.81 bits per heavy atom. The molecule has 0 amide bonds. The Morgan fingerprint density at radius 1 is 0.382 bits per heavy atom. The molecule has 11 aromatic carbocycles. The van der Waals surface area contributed by atoms with Gasteiger partial charge in [-0.2, -0.15) is 0 Å². The number of fused-ring (bicyclic) bond motifs is 7. The Hall–Kier alpha value is -8.72. The van der Waals surface area contributed by atoms with E-state index in [0.717, 1.165) is 23.5 Å². The zero-order chi connectivity index (χ0) is 45.0. The number of rotatable bonds is 8. The largest absolute Gasteiger partial charge is 0.310 e. The lowest BCUT2D eigenvalue weighted by atomic mass is 9.86. The number of hydrogen-bond acceptors (Lipinski definition) is 1. The third-order valence-corrected chi connectivity index (χ3v) is 14.1. The Balaban J connectivity index is 0.882. The highest BCUT2D eigenvalue weighted by Gasteiger charge is 2.21. The van der Waals surface area contributed by atoms with E-state index in [9.17, 15) is 0 Å². The Kier molecular flexibility index (Phi) is 9.68. The number of nitrogens with zero attached hydrogens (tertiary/aromatic N) is 2. The quantitative estimate of drug-likeness (QED) is 0.138. The number of benzene rings is 11. The first-order valence-corrected chi connectivity index (χ1v) is 23.7. The van der Waals surface area contributed by atoms with Gasteiger partial charge in [0.1, 0.15) is 0 Å². The Bertz CT molecular complexity index is 3920. The van der Waals surface area contributed by atoms with Crippen molar-refractivity contribution in [3.63, 3.8) is 0 Å². The van der Waals surface area contributed by atoms with Gasteiger partial charge in [-0.3, -0.25) is 0 Å². The van der Waals surface area contributed by atoms with Gasteiger partial charge < -0.3 is 9.47 Å². The van der Waals surface area contributed by atoms with E-state index in [1.165, 1.54) is 98.8 Å². The van der Waals surface area contributed by atoms with Crippen molar-refractivity contribution in [2.24, 2.45) is 0 Å². The van der Waals surface area contributed by atoms with Crippen molar-refractivity contribution in [2.75, 3.05) is 4.90 Å². The Labute approximate surface area is 396 Å². The summed E-state index contributed by atoms with van der Waals surface area (Å²) in [6, 6.07) is 88.9. The summed E-state index contributed by atoms with van der Waals surface area (Å²) in [6.45, 7) is 0. The zero-order valence-corrected chi connectivity index (χ0v) is 37.5. The molecule has 0 saturated heterocycles. The van der Waals surface area contributed by atoms with Crippen LogP contribution in [0.5, 0.6) is 0 Å². The molecule has 0 aliphatic heterocycles. The first-order chi connectivity index (χ1) is 33.7. The molecule has 0 spiro atoms. The predicted molar refractivity (Wildman–Crippen MR) is 290 cm³/mol. The van der Waals surface area contributed by atoms with Crippen LogP contribution in [-0.2, 0) is 0 Å². The number of para-hydroxylation sites is 2. The van der Waals surface area contributed by atoms with Gasteiger partial charge in [0.15, 0.2) is 0 Å². The normalized spacial score (nSPS) is 13.7. The second-order valence-corrected chi connectivity index (χ2v) is 18.0. The van der Waals surface area contributed by atoms with E-state index in [4.69, 9.17) is 0 Å². The van der Waals surface area contributed by atoms with Crippen LogP contribution in [0.1, 0.15) is 23.5 Å². The summed E-state index contributed by atoms with van der Waals surface area (Å²) in [7, 11) is 0. The maximum absolute atomic E-state index is 2.49. The molecule has 2 heteroatoms. The van der Waals surface area contributed by atoms with Crippen molar-refractivity contribution in [1.82, 2.24) is 4.57 Å². The van der Waals surface area contributed by atoms with E-state index in [2.05, 4.69) is 270 Å². The van der Waals surface area contributed by atoms with Gasteiger partial charge in [-0.15, -0.1) is 0 Å². The standard InChI is InChI=1S/C66H46N2/c1-2-20-54(21-3-1)68-64-28-9-8-25-63(64)66-62(27-13-29-65(66)68)52-19-10-17-50(42-52)51-18-11-22-56(43-51)67(57-40-41-61-53(44-57)35-34-48-15-5-7-24-59(48)61)55-38-36-46(37-39-55)45-30-32-49(33-31-45)60-26-12-16-47-14-4-6-23-58(47)60/h1-16,18-44,50H,17H2. The van der Waals surface area contributed by atoms with Crippen LogP contribution in [0.3, 0.4) is 0 Å². The van der Waals surface area contributed by atoms with Gasteiger partial charge in [0, 0.05) is 39.4 Å². The van der Waals surface area contributed by atoms with Crippen LogP contribution in [0.15, 0.2) is 261 Å². The highest BCUT2D eigenvalue weighted by atomic mass is 15.1. The molecule has 12 aromatic rings. The molecule has 13 rings (SSSR count). The minimum absolute atomic E-state index is 0.205. The minimum Gasteiger partial charge on any atom is -0.310 e. The molecule has 0 radical (unpaired) electrons. The predicted octanol–water partition coefficient (Wildman–Crippen LogP) is 18.2. The van der Waals surface area contributed by atoms with E-state index in [0.29, 0.717) is 0 Å². The second kappa shape index (κ2) is 16.6. The SMILES string of the molecule is C1=CC(c2cccc3c2c2ccccc2n3-c2ccccc2)=CC(c2cccc(N(c3ccc(-c4ccc(-c5cccc6ccccc56)cc4)cc3)c3ccc4c(ccc5ccccc54)c3)c2)C1. The van der Waals surface area contributed by atoms with Crippen molar-refractivity contribution in [3.05, 3.63) is 272 Å². The highest BCUT2D eigenvalue weighted by Crippen LogP contribution is 2.43. The molecule has 1 atom stereocenters. The zero-order valence-electron chi connectivity index (χ0n) is 37.5. The number of hydrogen-bond donors (Lipinski definition) is 0. The summed E-state index contributed by atoms with van der Waals surface area (Å²) in [6.07, 6.45) is 8.12. The molecule has 0 saturated carbocycles. The fourth-order valence-electron chi connectivity index (χ4n) is 10.8. The minimum atomic E-state index is 0.205. The second-order valence-electron chi connectivity index (χ2n) is 18.0. The van der Waals surface area contributed by atoms with Gasteiger partial charge in [-0.1, -0.05) is 200 Å². The molecule has 1 aliphatic rings. The lowest BCUT2D eigenvalue weighted by Gasteiger charge is -2.27. The monoisotopic (exact) mass is 866 g/mol. The number of allylic oxidation sites excluding steroid dienone is 4. The summed E-state index contributed by atoms with van der Waals surface area (Å²) in [5, 5.41) is 10.1. The summed E-state index contributed by atoms with van der Waals surface area (Å²) in [4.78, 5) is 2.42. The smallest absolute Gasteiger partial charge is 0.0547 e. The lowest BCUT2D eigenvalue weighted by Crippen LogP contribution is -2.11. The van der Waals surface area contributed by atoms with E-state index in [-0.39, 0.29) is 5.92 Å².